The highest BCUT2D eigenvalue weighted by Crippen LogP contribution is 2.35. The third kappa shape index (κ3) is 2.61. The molecule has 0 unspecified atom stereocenters. The maximum atomic E-state index is 13.7. The summed E-state index contributed by atoms with van der Waals surface area (Å²) in [5.41, 5.74) is 1.94. The Morgan fingerprint density at radius 2 is 1.82 bits per heavy atom. The van der Waals surface area contributed by atoms with E-state index in [1.54, 1.807) is 22.9 Å². The maximum absolute atomic E-state index is 13.7. The second-order valence-electron chi connectivity index (χ2n) is 6.39. The molecular formula is C18H14F2N8. The topological polar surface area (TPSA) is 84.1 Å². The first-order valence-corrected chi connectivity index (χ1v) is 8.58. The van der Waals surface area contributed by atoms with Gasteiger partial charge in [0.15, 0.2) is 23.3 Å². The number of hydrogen-bond acceptors (Lipinski definition) is 7. The van der Waals surface area contributed by atoms with E-state index in [2.05, 4.69) is 30.2 Å². The van der Waals surface area contributed by atoms with Gasteiger partial charge in [-0.1, -0.05) is 0 Å². The molecule has 0 radical (unpaired) electrons. The van der Waals surface area contributed by atoms with Crippen LogP contribution in [0.4, 0.5) is 20.3 Å². The molecule has 10 heteroatoms. The van der Waals surface area contributed by atoms with Crippen LogP contribution >= 0.6 is 0 Å². The molecule has 1 atom stereocenters. The number of imidazole rings is 1. The van der Waals surface area contributed by atoms with E-state index in [0.717, 1.165) is 18.1 Å². The molecule has 0 amide bonds. The summed E-state index contributed by atoms with van der Waals surface area (Å²) >= 11 is 0. The van der Waals surface area contributed by atoms with Crippen LogP contribution < -0.4 is 10.2 Å². The quantitative estimate of drug-likeness (QED) is 0.585. The van der Waals surface area contributed by atoms with Gasteiger partial charge in [0, 0.05) is 6.20 Å². The van der Waals surface area contributed by atoms with E-state index in [4.69, 9.17) is 0 Å². The Bertz CT molecular complexity index is 1170. The molecule has 0 fully saturated rings. The van der Waals surface area contributed by atoms with Crippen LogP contribution in [0.15, 0.2) is 43.1 Å². The molecule has 1 N–H and O–H groups in total. The van der Waals surface area contributed by atoms with Gasteiger partial charge >= 0.3 is 0 Å². The van der Waals surface area contributed by atoms with E-state index in [1.165, 1.54) is 12.3 Å². The summed E-state index contributed by atoms with van der Waals surface area (Å²) < 4.78 is 28.4. The molecule has 0 saturated heterocycles. The highest BCUT2D eigenvalue weighted by atomic mass is 19.1. The van der Waals surface area contributed by atoms with Gasteiger partial charge in [-0.3, -0.25) is 4.40 Å². The highest BCUT2D eigenvalue weighted by Gasteiger charge is 2.28. The maximum Gasteiger partial charge on any atom is 0.180 e. The van der Waals surface area contributed by atoms with Gasteiger partial charge in [0.25, 0.3) is 0 Å². The number of rotatable bonds is 3. The Morgan fingerprint density at radius 3 is 2.64 bits per heavy atom. The second kappa shape index (κ2) is 6.19. The first kappa shape index (κ1) is 16.5. The number of halogens is 2. The number of aromatic nitrogens is 6. The number of nitrogens with one attached hydrogen (secondary N) is 1. The highest BCUT2D eigenvalue weighted by molar-refractivity contribution is 5.73. The standard InChI is InChI=1S/C18H14F2N8/c1-10(16-22-4-12(20)5-23-16)28-9-25-13-6-24-17(26-18(13)28)14-7-21-15-3-2-11(19)8-27(14)15/h2-8,10,25H,9H2,1H3/t10-/m1/s1. The zero-order valence-corrected chi connectivity index (χ0v) is 14.7. The van der Waals surface area contributed by atoms with Crippen molar-refractivity contribution < 1.29 is 8.78 Å². The molecule has 4 aromatic heterocycles. The lowest BCUT2D eigenvalue weighted by Gasteiger charge is -2.23. The predicted molar refractivity (Wildman–Crippen MR) is 97.5 cm³/mol. The van der Waals surface area contributed by atoms with E-state index in [0.29, 0.717) is 35.5 Å². The number of nitrogens with zero attached hydrogens (tertiary/aromatic N) is 7. The Labute approximate surface area is 157 Å². The van der Waals surface area contributed by atoms with Crippen LogP contribution in [0.5, 0.6) is 0 Å². The largest absolute Gasteiger partial charge is 0.363 e. The lowest BCUT2D eigenvalue weighted by molar-refractivity contribution is 0.593. The van der Waals surface area contributed by atoms with Crippen LogP contribution in [-0.4, -0.2) is 36.0 Å². The first-order valence-electron chi connectivity index (χ1n) is 8.58. The summed E-state index contributed by atoms with van der Waals surface area (Å²) in [7, 11) is 0. The van der Waals surface area contributed by atoms with Crippen molar-refractivity contribution in [1.82, 2.24) is 29.3 Å². The number of pyridine rings is 1. The van der Waals surface area contributed by atoms with Gasteiger partial charge in [-0.15, -0.1) is 0 Å². The Morgan fingerprint density at radius 1 is 1.00 bits per heavy atom. The molecular weight excluding hydrogens is 366 g/mol. The van der Waals surface area contributed by atoms with Crippen molar-refractivity contribution in [2.75, 3.05) is 16.9 Å². The molecule has 4 aromatic rings. The van der Waals surface area contributed by atoms with Crippen molar-refractivity contribution in [2.45, 2.75) is 13.0 Å². The molecule has 0 aliphatic carbocycles. The van der Waals surface area contributed by atoms with Crippen LogP contribution in [0.25, 0.3) is 17.2 Å². The smallest absolute Gasteiger partial charge is 0.180 e. The molecule has 1 aliphatic rings. The van der Waals surface area contributed by atoms with Crippen molar-refractivity contribution in [3.8, 4) is 11.5 Å². The summed E-state index contributed by atoms with van der Waals surface area (Å²) in [5, 5.41) is 3.22. The molecule has 28 heavy (non-hydrogen) atoms. The molecule has 140 valence electrons. The Hall–Kier alpha value is -3.69. The monoisotopic (exact) mass is 380 g/mol. The number of anilines is 2. The van der Waals surface area contributed by atoms with Crippen molar-refractivity contribution in [3.63, 3.8) is 0 Å². The molecule has 0 saturated carbocycles. The molecule has 0 spiro atoms. The van der Waals surface area contributed by atoms with Gasteiger partial charge in [0.2, 0.25) is 0 Å². The van der Waals surface area contributed by atoms with Crippen molar-refractivity contribution in [2.24, 2.45) is 0 Å². The average molecular weight is 380 g/mol. The van der Waals surface area contributed by atoms with E-state index in [-0.39, 0.29) is 11.9 Å². The zero-order valence-electron chi connectivity index (χ0n) is 14.7. The summed E-state index contributed by atoms with van der Waals surface area (Å²) in [4.78, 5) is 23.4. The number of fused-ring (bicyclic) bond motifs is 2. The van der Waals surface area contributed by atoms with Crippen LogP contribution in [0, 0.1) is 11.6 Å². The summed E-state index contributed by atoms with van der Waals surface area (Å²) in [6.45, 7) is 2.40. The van der Waals surface area contributed by atoms with Crippen molar-refractivity contribution >= 4 is 17.2 Å². The summed E-state index contributed by atoms with van der Waals surface area (Å²) in [6.07, 6.45) is 6.91. The molecule has 5 heterocycles. The summed E-state index contributed by atoms with van der Waals surface area (Å²) in [5.74, 6) is 0.696. The van der Waals surface area contributed by atoms with E-state index >= 15 is 0 Å². The third-order valence-electron chi connectivity index (χ3n) is 4.66. The predicted octanol–water partition coefficient (Wildman–Crippen LogP) is 2.81. The third-order valence-corrected chi connectivity index (χ3v) is 4.66. The van der Waals surface area contributed by atoms with Gasteiger partial charge in [-0.2, -0.15) is 0 Å². The zero-order chi connectivity index (χ0) is 19.3. The lowest BCUT2D eigenvalue weighted by atomic mass is 10.2. The minimum absolute atomic E-state index is 0.239. The SMILES string of the molecule is C[C@H](c1ncc(F)cn1)N1CNc2cnc(-c3cnc4ccc(F)cn34)nc21. The Kier molecular flexibility index (Phi) is 3.64. The van der Waals surface area contributed by atoms with Gasteiger partial charge in [-0.25, -0.2) is 33.7 Å². The molecule has 0 bridgehead atoms. The van der Waals surface area contributed by atoms with E-state index < -0.39 is 5.82 Å². The fourth-order valence-corrected chi connectivity index (χ4v) is 3.20. The minimum atomic E-state index is -0.486. The number of hydrogen-bond donors (Lipinski definition) is 1. The van der Waals surface area contributed by atoms with E-state index in [9.17, 15) is 8.78 Å². The van der Waals surface area contributed by atoms with Gasteiger partial charge < -0.3 is 10.2 Å². The van der Waals surface area contributed by atoms with Gasteiger partial charge in [0.05, 0.1) is 43.2 Å². The normalized spacial score (nSPS) is 14.2. The molecule has 1 aliphatic heterocycles. The van der Waals surface area contributed by atoms with Crippen LogP contribution in [0.3, 0.4) is 0 Å². The van der Waals surface area contributed by atoms with Crippen LogP contribution in [-0.2, 0) is 0 Å². The molecule has 5 rings (SSSR count). The fourth-order valence-electron chi connectivity index (χ4n) is 3.20. The second-order valence-corrected chi connectivity index (χ2v) is 6.39. The van der Waals surface area contributed by atoms with Gasteiger partial charge in [-0.05, 0) is 19.1 Å². The minimum Gasteiger partial charge on any atom is -0.363 e. The summed E-state index contributed by atoms with van der Waals surface area (Å²) in [6, 6.07) is 2.71. The van der Waals surface area contributed by atoms with Crippen LogP contribution in [0.1, 0.15) is 18.8 Å². The average Bonchev–Trinajstić information content (AvgIpc) is 3.31. The molecule has 8 nitrogen and oxygen atoms in total. The van der Waals surface area contributed by atoms with Gasteiger partial charge in [0.1, 0.15) is 17.2 Å². The van der Waals surface area contributed by atoms with Crippen molar-refractivity contribution in [1.29, 1.82) is 0 Å². The molecule has 0 aromatic carbocycles. The Balaban J connectivity index is 1.55. The van der Waals surface area contributed by atoms with E-state index in [1.807, 2.05) is 11.8 Å². The fraction of sp³-hybridized carbons (Fsp3) is 0.167. The lowest BCUT2D eigenvalue weighted by Crippen LogP contribution is -2.28. The first-order chi connectivity index (χ1) is 13.6. The van der Waals surface area contributed by atoms with Crippen molar-refractivity contribution in [3.05, 3.63) is 60.6 Å². The van der Waals surface area contributed by atoms with Crippen LogP contribution in [0.2, 0.25) is 0 Å².